The maximum Gasteiger partial charge on any atom is 0.218 e. The predicted octanol–water partition coefficient (Wildman–Crippen LogP) is 4.04. The summed E-state index contributed by atoms with van der Waals surface area (Å²) in [5.74, 6) is 1.17. The highest BCUT2D eigenvalue weighted by Crippen LogP contribution is 2.41. The molecule has 2 fully saturated rings. The molecule has 0 amide bonds. The monoisotopic (exact) mass is 473 g/mol. The molecule has 3 aromatic rings. The number of nitrogens with zero attached hydrogens (tertiary/aromatic N) is 3. The van der Waals surface area contributed by atoms with Crippen molar-refractivity contribution >= 4 is 0 Å². The fraction of sp³-hybridized carbons (Fsp3) is 0.333. The Morgan fingerprint density at radius 2 is 1.86 bits per heavy atom. The van der Waals surface area contributed by atoms with Gasteiger partial charge < -0.3 is 18.9 Å². The molecule has 0 unspecified atom stereocenters. The molecular weight excluding hydrogens is 449 g/mol. The normalized spacial score (nSPS) is 17.9. The first-order valence-corrected chi connectivity index (χ1v) is 11.6. The summed E-state index contributed by atoms with van der Waals surface area (Å²) >= 11 is 0. The lowest BCUT2D eigenvalue weighted by Gasteiger charge is -2.55. The number of hydrogen-bond acceptors (Lipinski definition) is 7. The van der Waals surface area contributed by atoms with Crippen LogP contribution in [0.5, 0.6) is 17.4 Å². The molecule has 7 nitrogen and oxygen atoms in total. The van der Waals surface area contributed by atoms with Gasteiger partial charge in [-0.1, -0.05) is 24.3 Å². The van der Waals surface area contributed by atoms with E-state index in [4.69, 9.17) is 18.9 Å². The van der Waals surface area contributed by atoms with E-state index in [2.05, 4.69) is 16.0 Å². The van der Waals surface area contributed by atoms with E-state index in [-0.39, 0.29) is 11.1 Å². The number of fused-ring (bicyclic) bond motifs is 1. The first-order valence-electron chi connectivity index (χ1n) is 11.6. The summed E-state index contributed by atoms with van der Waals surface area (Å²) in [6, 6.07) is 14.6. The van der Waals surface area contributed by atoms with Gasteiger partial charge in [0.1, 0.15) is 30.8 Å². The Morgan fingerprint density at radius 3 is 2.57 bits per heavy atom. The minimum atomic E-state index is -0.487. The Hall–Kier alpha value is -3.67. The van der Waals surface area contributed by atoms with E-state index < -0.39 is 5.82 Å². The topological polar surface area (TPSA) is 76.8 Å². The lowest BCUT2D eigenvalue weighted by molar-refractivity contribution is -0.191. The van der Waals surface area contributed by atoms with Gasteiger partial charge in [0.15, 0.2) is 11.5 Å². The molecule has 178 valence electrons. The number of ether oxygens (including phenoxy) is 4. The maximum atomic E-state index is 15.4. The van der Waals surface area contributed by atoms with Crippen molar-refractivity contribution in [2.45, 2.75) is 6.54 Å². The number of pyridine rings is 1. The average Bonchev–Trinajstić information content (AvgIpc) is 2.84. The molecule has 4 heterocycles. The van der Waals surface area contributed by atoms with Crippen LogP contribution in [-0.4, -0.2) is 56.5 Å². The second kappa shape index (κ2) is 8.52. The molecule has 0 atom stereocenters. The van der Waals surface area contributed by atoms with Gasteiger partial charge in [-0.2, -0.15) is 5.26 Å². The van der Waals surface area contributed by atoms with Crippen LogP contribution in [0.4, 0.5) is 4.39 Å². The standard InChI is InChI=1S/C27H24FN3O4/c1-32-26-18(12-31-13-27(14-31)15-33-16-27)9-22(28)25(30-26)20-4-2-3-19(21(20)11-29)17-5-6-23-24(10-17)35-8-7-34-23/h2-6,9-10H,7-8,12-16H2,1H3. The van der Waals surface area contributed by atoms with Crippen LogP contribution >= 0.6 is 0 Å². The zero-order chi connectivity index (χ0) is 24.0. The van der Waals surface area contributed by atoms with Gasteiger partial charge in [0.05, 0.1) is 25.9 Å². The number of hydrogen-bond donors (Lipinski definition) is 0. The van der Waals surface area contributed by atoms with Crippen molar-refractivity contribution < 1.29 is 23.3 Å². The molecule has 1 spiro atoms. The van der Waals surface area contributed by atoms with Crippen molar-refractivity contribution in [2.24, 2.45) is 5.41 Å². The Kier molecular flexibility index (Phi) is 5.32. The molecule has 6 rings (SSSR count). The van der Waals surface area contributed by atoms with Crippen molar-refractivity contribution in [1.29, 1.82) is 5.26 Å². The van der Waals surface area contributed by atoms with E-state index in [1.165, 1.54) is 13.2 Å². The Morgan fingerprint density at radius 1 is 1.09 bits per heavy atom. The summed E-state index contributed by atoms with van der Waals surface area (Å²) in [4.78, 5) is 6.75. The fourth-order valence-electron chi connectivity index (χ4n) is 5.14. The van der Waals surface area contributed by atoms with Gasteiger partial charge >= 0.3 is 0 Å². The van der Waals surface area contributed by atoms with Crippen molar-refractivity contribution in [3.63, 3.8) is 0 Å². The predicted molar refractivity (Wildman–Crippen MR) is 126 cm³/mol. The maximum absolute atomic E-state index is 15.4. The Balaban J connectivity index is 1.35. The molecule has 0 N–H and O–H groups in total. The van der Waals surface area contributed by atoms with Crippen molar-refractivity contribution in [2.75, 3.05) is 46.6 Å². The number of likely N-dealkylation sites (tertiary alicyclic amines) is 1. The first kappa shape index (κ1) is 21.8. The third kappa shape index (κ3) is 3.77. The second-order valence-electron chi connectivity index (χ2n) is 9.32. The van der Waals surface area contributed by atoms with E-state index in [0.717, 1.165) is 31.9 Å². The molecule has 2 aromatic carbocycles. The Labute approximate surface area is 202 Å². The van der Waals surface area contributed by atoms with Crippen LogP contribution in [0.15, 0.2) is 42.5 Å². The lowest BCUT2D eigenvalue weighted by Crippen LogP contribution is -2.65. The summed E-state index contributed by atoms with van der Waals surface area (Å²) in [7, 11) is 1.53. The average molecular weight is 474 g/mol. The van der Waals surface area contributed by atoms with Gasteiger partial charge in [-0.25, -0.2) is 9.37 Å². The lowest BCUT2D eigenvalue weighted by atomic mass is 9.78. The fourth-order valence-corrected chi connectivity index (χ4v) is 5.14. The van der Waals surface area contributed by atoms with E-state index >= 15 is 4.39 Å². The molecule has 1 aromatic heterocycles. The minimum Gasteiger partial charge on any atom is -0.486 e. The molecule has 8 heteroatoms. The molecule has 0 aliphatic carbocycles. The minimum absolute atomic E-state index is 0.0917. The zero-order valence-corrected chi connectivity index (χ0v) is 19.3. The van der Waals surface area contributed by atoms with Crippen LogP contribution in [0.1, 0.15) is 11.1 Å². The van der Waals surface area contributed by atoms with Crippen molar-refractivity contribution in [3.05, 3.63) is 59.4 Å². The number of rotatable bonds is 5. The van der Waals surface area contributed by atoms with Crippen LogP contribution in [0, 0.1) is 22.6 Å². The van der Waals surface area contributed by atoms with E-state index in [9.17, 15) is 5.26 Å². The highest BCUT2D eigenvalue weighted by Gasteiger charge is 2.48. The number of aromatic nitrogens is 1. The van der Waals surface area contributed by atoms with Crippen LogP contribution in [-0.2, 0) is 11.3 Å². The summed E-state index contributed by atoms with van der Waals surface area (Å²) < 4.78 is 37.6. The van der Waals surface area contributed by atoms with Gasteiger partial charge in [0.2, 0.25) is 5.88 Å². The van der Waals surface area contributed by atoms with Crippen molar-refractivity contribution in [3.8, 4) is 45.8 Å². The third-order valence-corrected chi connectivity index (χ3v) is 6.82. The molecular formula is C27H24FN3O4. The van der Waals surface area contributed by atoms with Crippen molar-refractivity contribution in [1.82, 2.24) is 9.88 Å². The molecule has 0 saturated carbocycles. The summed E-state index contributed by atoms with van der Waals surface area (Å²) in [5, 5.41) is 10.1. The van der Waals surface area contributed by atoms with Gasteiger partial charge in [-0.3, -0.25) is 4.90 Å². The summed E-state index contributed by atoms with van der Waals surface area (Å²) in [6.45, 7) is 4.96. The van der Waals surface area contributed by atoms with Crippen LogP contribution in [0.2, 0.25) is 0 Å². The number of methoxy groups -OCH3 is 1. The smallest absolute Gasteiger partial charge is 0.218 e. The number of halogens is 1. The molecule has 0 radical (unpaired) electrons. The largest absolute Gasteiger partial charge is 0.486 e. The second-order valence-corrected chi connectivity index (χ2v) is 9.32. The summed E-state index contributed by atoms with van der Waals surface area (Å²) in [5.41, 5.74) is 3.24. The molecule has 3 aliphatic heterocycles. The SMILES string of the molecule is COc1nc(-c2cccc(-c3ccc4c(c3)OCCO4)c2C#N)c(F)cc1CN1CC2(COC2)C1. The molecule has 3 aliphatic rings. The van der Waals surface area contributed by atoms with E-state index in [0.29, 0.717) is 59.4 Å². The van der Waals surface area contributed by atoms with E-state index in [1.54, 1.807) is 12.1 Å². The zero-order valence-electron chi connectivity index (χ0n) is 19.3. The molecule has 2 saturated heterocycles. The van der Waals surface area contributed by atoms with Gasteiger partial charge in [0, 0.05) is 41.7 Å². The number of nitriles is 1. The highest BCUT2D eigenvalue weighted by molar-refractivity contribution is 5.82. The van der Waals surface area contributed by atoms with Gasteiger partial charge in [-0.05, 0) is 23.8 Å². The Bertz CT molecular complexity index is 1340. The molecule has 35 heavy (non-hydrogen) atoms. The highest BCUT2D eigenvalue weighted by atomic mass is 19.1. The van der Waals surface area contributed by atoms with Crippen LogP contribution in [0.25, 0.3) is 22.4 Å². The van der Waals surface area contributed by atoms with E-state index in [1.807, 2.05) is 24.3 Å². The van der Waals surface area contributed by atoms with Gasteiger partial charge in [0.25, 0.3) is 0 Å². The van der Waals surface area contributed by atoms with Crippen LogP contribution in [0.3, 0.4) is 0 Å². The van der Waals surface area contributed by atoms with Crippen LogP contribution < -0.4 is 14.2 Å². The quantitative estimate of drug-likeness (QED) is 0.554. The first-order chi connectivity index (χ1) is 17.1. The third-order valence-electron chi connectivity index (χ3n) is 6.82. The molecule has 0 bridgehead atoms. The number of benzene rings is 2. The summed E-state index contributed by atoms with van der Waals surface area (Å²) in [6.07, 6.45) is 0. The van der Waals surface area contributed by atoms with Gasteiger partial charge in [-0.15, -0.1) is 0 Å².